The van der Waals surface area contributed by atoms with Gasteiger partial charge in [-0.05, 0) is 68.7 Å². The number of benzene rings is 2. The molecular weight excluding hydrogens is 402 g/mol. The summed E-state index contributed by atoms with van der Waals surface area (Å²) in [6.45, 7) is 4.11. The molecule has 0 atom stereocenters. The zero-order chi connectivity index (χ0) is 19.7. The summed E-state index contributed by atoms with van der Waals surface area (Å²) in [5.41, 5.74) is 6.44. The Hall–Kier alpha value is -2.29. The maximum atomic E-state index is 12.8. The molecule has 0 saturated heterocycles. The van der Waals surface area contributed by atoms with E-state index in [1.54, 1.807) is 43.3 Å². The van der Waals surface area contributed by atoms with Gasteiger partial charge in [0.25, 0.3) is 10.0 Å². The van der Waals surface area contributed by atoms with Crippen molar-refractivity contribution in [3.05, 3.63) is 48.0 Å². The molecule has 9 heteroatoms. The van der Waals surface area contributed by atoms with E-state index < -0.39 is 15.6 Å². The predicted molar refractivity (Wildman–Crippen MR) is 112 cm³/mol. The van der Waals surface area contributed by atoms with Crippen LogP contribution in [-0.4, -0.2) is 26.5 Å². The number of halogens is 1. The average molecular weight is 426 g/mol. The molecule has 0 unspecified atom stereocenters. The van der Waals surface area contributed by atoms with Crippen LogP contribution in [0.2, 0.25) is 0 Å². The highest BCUT2D eigenvalue weighted by molar-refractivity contribution is 7.92. The van der Waals surface area contributed by atoms with E-state index in [0.717, 1.165) is 0 Å². The highest BCUT2D eigenvalue weighted by Gasteiger charge is 2.46. The van der Waals surface area contributed by atoms with Crippen LogP contribution in [0.25, 0.3) is 0 Å². The van der Waals surface area contributed by atoms with Crippen molar-refractivity contribution >= 4 is 39.7 Å². The van der Waals surface area contributed by atoms with Gasteiger partial charge in [0, 0.05) is 11.4 Å². The van der Waals surface area contributed by atoms with Crippen LogP contribution >= 0.6 is 12.4 Å². The second-order valence-electron chi connectivity index (χ2n) is 6.65. The van der Waals surface area contributed by atoms with Crippen molar-refractivity contribution in [2.75, 3.05) is 16.6 Å². The summed E-state index contributed by atoms with van der Waals surface area (Å²) >= 11 is 0. The molecule has 4 N–H and O–H groups in total. The fourth-order valence-electron chi connectivity index (χ4n) is 2.58. The molecule has 0 aromatic heterocycles. The van der Waals surface area contributed by atoms with Gasteiger partial charge in [-0.2, -0.15) is 0 Å². The van der Waals surface area contributed by atoms with Crippen molar-refractivity contribution in [2.45, 2.75) is 37.1 Å². The molecule has 1 aliphatic carbocycles. The van der Waals surface area contributed by atoms with Crippen molar-refractivity contribution in [2.24, 2.45) is 5.73 Å². The number of sulfonamides is 1. The number of ether oxygens (including phenoxy) is 1. The van der Waals surface area contributed by atoms with E-state index in [-0.39, 0.29) is 23.2 Å². The molecule has 2 aromatic rings. The molecule has 1 fully saturated rings. The fourth-order valence-corrected chi connectivity index (χ4v) is 3.91. The Morgan fingerprint density at radius 1 is 1.14 bits per heavy atom. The summed E-state index contributed by atoms with van der Waals surface area (Å²) in [4.78, 5) is 12.2. The van der Waals surface area contributed by atoms with Gasteiger partial charge < -0.3 is 15.8 Å². The van der Waals surface area contributed by atoms with Gasteiger partial charge in [0.05, 0.1) is 17.0 Å². The van der Waals surface area contributed by atoms with Crippen molar-refractivity contribution < 1.29 is 17.9 Å². The van der Waals surface area contributed by atoms with Crippen LogP contribution in [0.5, 0.6) is 5.75 Å². The number of carbonyl (C=O) groups excluding carboxylic acids is 1. The number of hydrogen-bond donors (Lipinski definition) is 3. The predicted octanol–water partition coefficient (Wildman–Crippen LogP) is 3.05. The van der Waals surface area contributed by atoms with Gasteiger partial charge in [0.2, 0.25) is 5.91 Å². The molecule has 28 heavy (non-hydrogen) atoms. The van der Waals surface area contributed by atoms with Crippen molar-refractivity contribution in [3.8, 4) is 5.75 Å². The molecule has 7 nitrogen and oxygen atoms in total. The van der Waals surface area contributed by atoms with Gasteiger partial charge in [-0.1, -0.05) is 6.07 Å². The SMILES string of the molecule is CCOc1ccc(NS(=O)(=O)c2cc(NC(=O)C3(N)CC3)ccc2C)cc1.Cl. The lowest BCUT2D eigenvalue weighted by Gasteiger charge is -2.14. The number of amides is 1. The average Bonchev–Trinajstić information content (AvgIpc) is 3.37. The van der Waals surface area contributed by atoms with Gasteiger partial charge in [-0.25, -0.2) is 8.42 Å². The molecule has 1 saturated carbocycles. The monoisotopic (exact) mass is 425 g/mol. The van der Waals surface area contributed by atoms with E-state index in [2.05, 4.69) is 10.0 Å². The first kappa shape index (κ1) is 22.0. The third kappa shape index (κ3) is 4.95. The minimum absolute atomic E-state index is 0. The first-order valence-corrected chi connectivity index (χ1v) is 10.2. The summed E-state index contributed by atoms with van der Waals surface area (Å²) < 4.78 is 33.5. The Labute approximate surface area is 171 Å². The third-order valence-corrected chi connectivity index (χ3v) is 5.92. The number of aryl methyl sites for hydroxylation is 1. The Kier molecular flexibility index (Phi) is 6.59. The van der Waals surface area contributed by atoms with Gasteiger partial charge in [0.15, 0.2) is 0 Å². The topological polar surface area (TPSA) is 111 Å². The highest BCUT2D eigenvalue weighted by atomic mass is 35.5. The lowest BCUT2D eigenvalue weighted by Crippen LogP contribution is -2.37. The molecule has 3 rings (SSSR count). The van der Waals surface area contributed by atoms with Crippen LogP contribution in [0.1, 0.15) is 25.3 Å². The Morgan fingerprint density at radius 3 is 2.32 bits per heavy atom. The molecule has 1 aliphatic rings. The lowest BCUT2D eigenvalue weighted by atomic mass is 10.2. The Bertz CT molecular complexity index is 958. The molecule has 0 heterocycles. The van der Waals surface area contributed by atoms with E-state index in [1.165, 1.54) is 6.07 Å². The number of anilines is 2. The molecule has 0 spiro atoms. The summed E-state index contributed by atoms with van der Waals surface area (Å²) in [6, 6.07) is 11.4. The van der Waals surface area contributed by atoms with Gasteiger partial charge in [-0.3, -0.25) is 9.52 Å². The normalized spacial score (nSPS) is 14.5. The van der Waals surface area contributed by atoms with Crippen molar-refractivity contribution in [1.82, 2.24) is 0 Å². The highest BCUT2D eigenvalue weighted by Crippen LogP contribution is 2.33. The van der Waals surface area contributed by atoms with Crippen LogP contribution in [0, 0.1) is 6.92 Å². The molecule has 0 aliphatic heterocycles. The number of carbonyl (C=O) groups is 1. The number of hydrogen-bond acceptors (Lipinski definition) is 5. The van der Waals surface area contributed by atoms with E-state index in [9.17, 15) is 13.2 Å². The van der Waals surface area contributed by atoms with Gasteiger partial charge in [-0.15, -0.1) is 12.4 Å². The van der Waals surface area contributed by atoms with Crippen LogP contribution in [-0.2, 0) is 14.8 Å². The minimum Gasteiger partial charge on any atom is -0.494 e. The quantitative estimate of drug-likeness (QED) is 0.631. The molecule has 0 radical (unpaired) electrons. The van der Waals surface area contributed by atoms with E-state index >= 15 is 0 Å². The van der Waals surface area contributed by atoms with Crippen molar-refractivity contribution in [1.29, 1.82) is 0 Å². The van der Waals surface area contributed by atoms with Crippen LogP contribution < -0.4 is 20.5 Å². The zero-order valence-corrected chi connectivity index (χ0v) is 17.3. The number of nitrogens with two attached hydrogens (primary N) is 1. The number of rotatable bonds is 7. The smallest absolute Gasteiger partial charge is 0.262 e. The van der Waals surface area contributed by atoms with Gasteiger partial charge >= 0.3 is 0 Å². The Morgan fingerprint density at radius 2 is 1.75 bits per heavy atom. The summed E-state index contributed by atoms with van der Waals surface area (Å²) in [5, 5.41) is 2.70. The maximum Gasteiger partial charge on any atom is 0.262 e. The molecule has 2 aromatic carbocycles. The second-order valence-corrected chi connectivity index (χ2v) is 8.30. The standard InChI is InChI=1S/C19H23N3O4S.ClH/c1-3-26-16-8-6-14(7-9-16)22-27(24,25)17-12-15(5-4-13(17)2)21-18(23)19(20)10-11-19;/h4-9,12,22H,3,10-11,20H2,1-2H3,(H,21,23);1H. The van der Waals surface area contributed by atoms with E-state index in [4.69, 9.17) is 10.5 Å². The van der Waals surface area contributed by atoms with Crippen LogP contribution in [0.15, 0.2) is 47.4 Å². The largest absolute Gasteiger partial charge is 0.494 e. The summed E-state index contributed by atoms with van der Waals surface area (Å²) in [6.07, 6.45) is 1.27. The molecular formula is C19H24ClN3O4S. The third-order valence-electron chi connectivity index (χ3n) is 4.39. The lowest BCUT2D eigenvalue weighted by molar-refractivity contribution is -0.118. The summed E-state index contributed by atoms with van der Waals surface area (Å²) in [7, 11) is -3.82. The number of nitrogens with one attached hydrogen (secondary N) is 2. The zero-order valence-electron chi connectivity index (χ0n) is 15.7. The summed E-state index contributed by atoms with van der Waals surface area (Å²) in [5.74, 6) is 0.367. The first-order valence-electron chi connectivity index (χ1n) is 8.70. The van der Waals surface area contributed by atoms with E-state index in [0.29, 0.717) is 42.1 Å². The second kappa shape index (κ2) is 8.38. The van der Waals surface area contributed by atoms with Crippen molar-refractivity contribution in [3.63, 3.8) is 0 Å². The molecule has 0 bridgehead atoms. The maximum absolute atomic E-state index is 12.8. The van der Waals surface area contributed by atoms with Crippen LogP contribution in [0.4, 0.5) is 11.4 Å². The molecule has 152 valence electrons. The van der Waals surface area contributed by atoms with E-state index in [1.807, 2.05) is 6.92 Å². The van der Waals surface area contributed by atoms with Crippen LogP contribution in [0.3, 0.4) is 0 Å². The van der Waals surface area contributed by atoms with Gasteiger partial charge in [0.1, 0.15) is 5.75 Å². The fraction of sp³-hybridized carbons (Fsp3) is 0.316. The minimum atomic E-state index is -3.82. The Balaban J connectivity index is 0.00000280. The first-order chi connectivity index (χ1) is 12.7. The molecule has 1 amide bonds.